The van der Waals surface area contributed by atoms with Crippen molar-refractivity contribution in [3.05, 3.63) is 16.9 Å². The van der Waals surface area contributed by atoms with Crippen LogP contribution in [0.15, 0.2) is 0 Å². The zero-order chi connectivity index (χ0) is 10.9. The number of rotatable bonds is 2. The largest absolute Gasteiger partial charge is 0.504 e. The highest BCUT2D eigenvalue weighted by atomic mass is 19.1. The highest BCUT2D eigenvalue weighted by Gasteiger charge is 2.20. The van der Waals surface area contributed by atoms with E-state index in [4.69, 9.17) is 9.47 Å². The van der Waals surface area contributed by atoms with Gasteiger partial charge in [0, 0.05) is 11.1 Å². The van der Waals surface area contributed by atoms with Crippen LogP contribution >= 0.6 is 0 Å². The van der Waals surface area contributed by atoms with Crippen LogP contribution < -0.4 is 9.47 Å². The summed E-state index contributed by atoms with van der Waals surface area (Å²) in [4.78, 5) is 0. The lowest BCUT2D eigenvalue weighted by molar-refractivity contribution is 0.344. The van der Waals surface area contributed by atoms with Crippen molar-refractivity contribution >= 4 is 0 Å². The Bertz CT molecular complexity index is 297. The van der Waals surface area contributed by atoms with E-state index in [1.54, 1.807) is 6.92 Å². The Balaban J connectivity index is 3.55. The third-order valence-electron chi connectivity index (χ3n) is 2.19. The van der Waals surface area contributed by atoms with E-state index in [-0.39, 0.29) is 22.8 Å². The molecule has 0 aliphatic heterocycles. The molecule has 0 atom stereocenters. The average Bonchev–Trinajstić information content (AvgIpc) is 2.17. The number of phenols is 1. The minimum Gasteiger partial charge on any atom is -0.504 e. The van der Waals surface area contributed by atoms with E-state index < -0.39 is 5.82 Å². The summed E-state index contributed by atoms with van der Waals surface area (Å²) in [6.45, 7) is 3.09. The molecule has 0 radical (unpaired) electrons. The predicted octanol–water partition coefficient (Wildman–Crippen LogP) is 2.17. The number of phenolic OH excluding ortho intramolecular Hbond substituents is 1. The van der Waals surface area contributed by atoms with Crippen molar-refractivity contribution in [3.63, 3.8) is 0 Å². The van der Waals surface area contributed by atoms with Crippen LogP contribution in [0.4, 0.5) is 4.39 Å². The Morgan fingerprint density at radius 2 is 1.50 bits per heavy atom. The predicted molar refractivity (Wildman–Crippen MR) is 50.6 cm³/mol. The lowest BCUT2D eigenvalue weighted by Crippen LogP contribution is -1.99. The van der Waals surface area contributed by atoms with Crippen LogP contribution in [0.5, 0.6) is 17.2 Å². The molecule has 4 heteroatoms. The van der Waals surface area contributed by atoms with Crippen LogP contribution in [0, 0.1) is 19.7 Å². The smallest absolute Gasteiger partial charge is 0.172 e. The molecule has 0 aliphatic carbocycles. The molecule has 1 aromatic carbocycles. The van der Waals surface area contributed by atoms with E-state index in [1.807, 2.05) is 0 Å². The van der Waals surface area contributed by atoms with Gasteiger partial charge >= 0.3 is 0 Å². The summed E-state index contributed by atoms with van der Waals surface area (Å²) in [6, 6.07) is 0. The summed E-state index contributed by atoms with van der Waals surface area (Å²) in [6.07, 6.45) is 0. The van der Waals surface area contributed by atoms with Crippen LogP contribution in [0.2, 0.25) is 0 Å². The SMILES string of the molecule is COc1c(C)c(F)c(OC)c(C)c1O. The number of benzene rings is 1. The maximum atomic E-state index is 13.6. The molecule has 0 bridgehead atoms. The Hall–Kier alpha value is -1.45. The van der Waals surface area contributed by atoms with Crippen molar-refractivity contribution in [2.75, 3.05) is 14.2 Å². The number of halogens is 1. The summed E-state index contributed by atoms with van der Waals surface area (Å²) in [5, 5.41) is 9.64. The fraction of sp³-hybridized carbons (Fsp3) is 0.400. The monoisotopic (exact) mass is 200 g/mol. The van der Waals surface area contributed by atoms with E-state index in [9.17, 15) is 9.50 Å². The molecule has 0 heterocycles. The molecule has 0 spiro atoms. The van der Waals surface area contributed by atoms with Crippen LogP contribution in [0.3, 0.4) is 0 Å². The van der Waals surface area contributed by atoms with E-state index in [2.05, 4.69) is 0 Å². The Morgan fingerprint density at radius 1 is 1.00 bits per heavy atom. The molecule has 0 aromatic heterocycles. The summed E-state index contributed by atoms with van der Waals surface area (Å²) < 4.78 is 23.3. The molecule has 0 saturated heterocycles. The summed E-state index contributed by atoms with van der Waals surface area (Å²) >= 11 is 0. The van der Waals surface area contributed by atoms with Gasteiger partial charge in [-0.3, -0.25) is 0 Å². The maximum absolute atomic E-state index is 13.6. The van der Waals surface area contributed by atoms with E-state index in [1.165, 1.54) is 21.1 Å². The minimum absolute atomic E-state index is 0.0563. The molecule has 78 valence electrons. The highest BCUT2D eigenvalue weighted by molar-refractivity contribution is 5.57. The molecule has 1 N–H and O–H groups in total. The molecule has 0 unspecified atom stereocenters. The average molecular weight is 200 g/mol. The zero-order valence-electron chi connectivity index (χ0n) is 8.64. The first-order valence-electron chi connectivity index (χ1n) is 4.14. The topological polar surface area (TPSA) is 38.7 Å². The lowest BCUT2D eigenvalue weighted by Gasteiger charge is -2.14. The molecule has 0 amide bonds. The lowest BCUT2D eigenvalue weighted by atomic mass is 10.1. The second-order valence-electron chi connectivity index (χ2n) is 2.98. The zero-order valence-corrected chi connectivity index (χ0v) is 8.64. The molecular weight excluding hydrogens is 187 g/mol. The van der Waals surface area contributed by atoms with Crippen LogP contribution in [0.25, 0.3) is 0 Å². The Labute approximate surface area is 82.1 Å². The van der Waals surface area contributed by atoms with Gasteiger partial charge in [-0.05, 0) is 13.8 Å². The number of hydrogen-bond acceptors (Lipinski definition) is 3. The Morgan fingerprint density at radius 3 is 1.93 bits per heavy atom. The van der Waals surface area contributed by atoms with Gasteiger partial charge in [0.2, 0.25) is 0 Å². The van der Waals surface area contributed by atoms with Gasteiger partial charge in [0.1, 0.15) is 0 Å². The van der Waals surface area contributed by atoms with Crippen LogP contribution in [0.1, 0.15) is 11.1 Å². The van der Waals surface area contributed by atoms with Crippen molar-refractivity contribution in [1.29, 1.82) is 0 Å². The molecular formula is C10H13FO3. The van der Waals surface area contributed by atoms with Gasteiger partial charge in [-0.1, -0.05) is 0 Å². The van der Waals surface area contributed by atoms with E-state index >= 15 is 0 Å². The standard InChI is InChI=1S/C10H13FO3/c1-5-7(11)9(13-3)6(2)8(12)10(5)14-4/h12H,1-4H3. The molecule has 0 aliphatic rings. The fourth-order valence-electron chi connectivity index (χ4n) is 1.38. The van der Waals surface area contributed by atoms with Gasteiger partial charge in [-0.25, -0.2) is 4.39 Å². The van der Waals surface area contributed by atoms with Crippen LogP contribution in [-0.4, -0.2) is 19.3 Å². The number of ether oxygens (including phenoxy) is 2. The number of hydrogen-bond donors (Lipinski definition) is 1. The van der Waals surface area contributed by atoms with Gasteiger partial charge in [0.15, 0.2) is 23.1 Å². The normalized spacial score (nSPS) is 10.1. The number of methoxy groups -OCH3 is 2. The summed E-state index contributed by atoms with van der Waals surface area (Å²) in [7, 11) is 2.74. The van der Waals surface area contributed by atoms with Crippen molar-refractivity contribution in [3.8, 4) is 17.2 Å². The second-order valence-corrected chi connectivity index (χ2v) is 2.98. The first-order chi connectivity index (χ1) is 6.54. The fourth-order valence-corrected chi connectivity index (χ4v) is 1.38. The third kappa shape index (κ3) is 1.36. The Kier molecular flexibility index (Phi) is 2.84. The molecule has 0 saturated carbocycles. The van der Waals surface area contributed by atoms with Gasteiger partial charge in [-0.15, -0.1) is 0 Å². The van der Waals surface area contributed by atoms with Gasteiger partial charge in [0.05, 0.1) is 14.2 Å². The van der Waals surface area contributed by atoms with E-state index in [0.717, 1.165) is 0 Å². The molecule has 14 heavy (non-hydrogen) atoms. The van der Waals surface area contributed by atoms with Crippen molar-refractivity contribution < 1.29 is 19.0 Å². The van der Waals surface area contributed by atoms with Crippen molar-refractivity contribution in [2.24, 2.45) is 0 Å². The van der Waals surface area contributed by atoms with E-state index in [0.29, 0.717) is 5.56 Å². The molecule has 1 aromatic rings. The molecule has 3 nitrogen and oxygen atoms in total. The third-order valence-corrected chi connectivity index (χ3v) is 2.19. The van der Waals surface area contributed by atoms with Gasteiger partial charge in [0.25, 0.3) is 0 Å². The van der Waals surface area contributed by atoms with Crippen molar-refractivity contribution in [2.45, 2.75) is 13.8 Å². The van der Waals surface area contributed by atoms with Gasteiger partial charge < -0.3 is 14.6 Å². The second kappa shape index (κ2) is 3.74. The van der Waals surface area contributed by atoms with Gasteiger partial charge in [-0.2, -0.15) is 0 Å². The summed E-state index contributed by atoms with van der Waals surface area (Å²) in [5.41, 5.74) is 0.583. The van der Waals surface area contributed by atoms with Crippen molar-refractivity contribution in [1.82, 2.24) is 0 Å². The quantitative estimate of drug-likeness (QED) is 0.795. The molecule has 1 rings (SSSR count). The first kappa shape index (κ1) is 10.6. The first-order valence-corrected chi connectivity index (χ1v) is 4.14. The maximum Gasteiger partial charge on any atom is 0.172 e. The minimum atomic E-state index is -0.500. The number of aromatic hydroxyl groups is 1. The molecule has 0 fully saturated rings. The highest BCUT2D eigenvalue weighted by Crippen LogP contribution is 2.41. The van der Waals surface area contributed by atoms with Crippen LogP contribution in [-0.2, 0) is 0 Å². The summed E-state index contributed by atoms with van der Waals surface area (Å²) in [5.74, 6) is -0.371.